The number of para-hydroxylation sites is 1. The van der Waals surface area contributed by atoms with E-state index in [0.29, 0.717) is 0 Å². The van der Waals surface area contributed by atoms with Gasteiger partial charge in [-0.2, -0.15) is 0 Å². The maximum Gasteiger partial charge on any atom is 0.211 e. The normalized spacial score (nSPS) is 11.8. The molecule has 0 aliphatic carbocycles. The van der Waals surface area contributed by atoms with Crippen LogP contribution in [0.2, 0.25) is 0 Å². The first-order valence-corrected chi connectivity index (χ1v) is 8.26. The van der Waals surface area contributed by atoms with Crippen LogP contribution in [-0.2, 0) is 0 Å². The average Bonchev–Trinajstić information content (AvgIpc) is 2.89. The van der Waals surface area contributed by atoms with Crippen LogP contribution in [0, 0.1) is 0 Å². The van der Waals surface area contributed by atoms with Crippen LogP contribution in [0.3, 0.4) is 0 Å². The predicted octanol–water partition coefficient (Wildman–Crippen LogP) is 2.94. The Morgan fingerprint density at radius 1 is 1.14 bits per heavy atom. The molecule has 110 valence electrons. The van der Waals surface area contributed by atoms with E-state index < -0.39 is 0 Å². The Balaban J connectivity index is 1.77. The number of H-pyrrole nitrogens is 1. The Hall–Kier alpha value is -1.66. The van der Waals surface area contributed by atoms with E-state index in [1.807, 2.05) is 24.3 Å². The van der Waals surface area contributed by atoms with Crippen molar-refractivity contribution in [3.05, 3.63) is 24.3 Å². The van der Waals surface area contributed by atoms with Crippen molar-refractivity contribution in [2.75, 3.05) is 25.4 Å². The lowest BCUT2D eigenvalue weighted by atomic mass is 10.2. The van der Waals surface area contributed by atoms with Gasteiger partial charge in [0.1, 0.15) is 5.52 Å². The van der Waals surface area contributed by atoms with E-state index in [9.17, 15) is 0 Å². The summed E-state index contributed by atoms with van der Waals surface area (Å²) in [6, 6.07) is 8.08. The molecule has 0 aliphatic heterocycles. The van der Waals surface area contributed by atoms with Crippen molar-refractivity contribution in [1.82, 2.24) is 25.1 Å². The van der Waals surface area contributed by atoms with Crippen molar-refractivity contribution in [3.63, 3.8) is 0 Å². The zero-order valence-corrected chi connectivity index (χ0v) is 13.2. The molecule has 1 N–H and O–H groups in total. The zero-order chi connectivity index (χ0) is 14.7. The third-order valence-electron chi connectivity index (χ3n) is 3.64. The predicted molar refractivity (Wildman–Crippen MR) is 87.7 cm³/mol. The van der Waals surface area contributed by atoms with Gasteiger partial charge in [0.15, 0.2) is 5.65 Å². The smallest absolute Gasteiger partial charge is 0.211 e. The average molecular weight is 301 g/mol. The maximum atomic E-state index is 4.58. The highest BCUT2D eigenvalue weighted by Gasteiger charge is 2.09. The van der Waals surface area contributed by atoms with Gasteiger partial charge in [-0.25, -0.2) is 4.98 Å². The molecule has 2 heterocycles. The van der Waals surface area contributed by atoms with Gasteiger partial charge in [-0.05, 0) is 19.2 Å². The van der Waals surface area contributed by atoms with Crippen LogP contribution in [0.4, 0.5) is 0 Å². The second-order valence-corrected chi connectivity index (χ2v) is 5.90. The third kappa shape index (κ3) is 3.01. The molecule has 3 aromatic rings. The molecule has 0 unspecified atom stereocenters. The second kappa shape index (κ2) is 6.41. The molecule has 0 bridgehead atoms. The molecule has 0 aliphatic rings. The molecule has 1 aromatic carbocycles. The van der Waals surface area contributed by atoms with Crippen molar-refractivity contribution >= 4 is 33.8 Å². The fourth-order valence-electron chi connectivity index (χ4n) is 2.37. The number of fused-ring (bicyclic) bond motifs is 3. The summed E-state index contributed by atoms with van der Waals surface area (Å²) in [4.78, 5) is 10.3. The van der Waals surface area contributed by atoms with Gasteiger partial charge in [0.05, 0.1) is 0 Å². The fourth-order valence-corrected chi connectivity index (χ4v) is 3.16. The molecule has 21 heavy (non-hydrogen) atoms. The van der Waals surface area contributed by atoms with E-state index in [0.717, 1.165) is 52.6 Å². The van der Waals surface area contributed by atoms with Crippen molar-refractivity contribution in [2.45, 2.75) is 19.0 Å². The van der Waals surface area contributed by atoms with E-state index in [4.69, 9.17) is 0 Å². The summed E-state index contributed by atoms with van der Waals surface area (Å²) in [5, 5.41) is 10.4. The number of rotatable bonds is 6. The van der Waals surface area contributed by atoms with E-state index in [-0.39, 0.29) is 0 Å². The number of hydrogen-bond donors (Lipinski definition) is 1. The first kappa shape index (κ1) is 14.3. The molecule has 3 rings (SSSR count). The Morgan fingerprint density at radius 2 is 1.95 bits per heavy atom. The molecular formula is C15H19N5S. The molecule has 0 amide bonds. The highest BCUT2D eigenvalue weighted by molar-refractivity contribution is 7.99. The minimum Gasteiger partial charge on any atom is -0.338 e. The molecular weight excluding hydrogens is 282 g/mol. The summed E-state index contributed by atoms with van der Waals surface area (Å²) in [6.07, 6.45) is 0. The van der Waals surface area contributed by atoms with Gasteiger partial charge in [0.25, 0.3) is 0 Å². The third-order valence-corrected chi connectivity index (χ3v) is 4.45. The maximum absolute atomic E-state index is 4.58. The van der Waals surface area contributed by atoms with Crippen molar-refractivity contribution in [3.8, 4) is 0 Å². The van der Waals surface area contributed by atoms with Gasteiger partial charge in [-0.15, -0.1) is 10.2 Å². The Labute approximate surface area is 128 Å². The number of nitrogens with one attached hydrogen (secondary N) is 1. The number of hydrogen-bond acceptors (Lipinski definition) is 5. The highest BCUT2D eigenvalue weighted by Crippen LogP contribution is 2.23. The second-order valence-electron chi connectivity index (χ2n) is 4.84. The molecule has 0 saturated carbocycles. The monoisotopic (exact) mass is 301 g/mol. The van der Waals surface area contributed by atoms with Crippen molar-refractivity contribution in [1.29, 1.82) is 0 Å². The van der Waals surface area contributed by atoms with Crippen LogP contribution in [0.25, 0.3) is 22.1 Å². The van der Waals surface area contributed by atoms with Crippen LogP contribution in [0.1, 0.15) is 13.8 Å². The molecule has 0 spiro atoms. The van der Waals surface area contributed by atoms with Gasteiger partial charge >= 0.3 is 0 Å². The number of aromatic amines is 1. The van der Waals surface area contributed by atoms with Crippen LogP contribution >= 0.6 is 11.8 Å². The van der Waals surface area contributed by atoms with Gasteiger partial charge in [-0.3, -0.25) is 0 Å². The number of benzene rings is 1. The number of thioether (sulfide) groups is 1. The Morgan fingerprint density at radius 3 is 2.76 bits per heavy atom. The van der Waals surface area contributed by atoms with Gasteiger partial charge < -0.3 is 9.88 Å². The van der Waals surface area contributed by atoms with Gasteiger partial charge in [0, 0.05) is 23.2 Å². The minimum absolute atomic E-state index is 0.737. The summed E-state index contributed by atoms with van der Waals surface area (Å²) in [6.45, 7) is 7.58. The molecule has 6 heteroatoms. The molecule has 0 atom stereocenters. The van der Waals surface area contributed by atoms with E-state index in [2.05, 4.69) is 38.9 Å². The van der Waals surface area contributed by atoms with E-state index in [1.54, 1.807) is 11.8 Å². The van der Waals surface area contributed by atoms with Gasteiger partial charge in [0.2, 0.25) is 5.16 Å². The molecule has 2 aromatic heterocycles. The first-order chi connectivity index (χ1) is 10.3. The molecule has 0 saturated heterocycles. The molecule has 0 fully saturated rings. The SMILES string of the molecule is CCN(CC)CCSc1nnc2c(n1)[nH]c1ccccc12. The summed E-state index contributed by atoms with van der Waals surface area (Å²) < 4.78 is 0. The minimum atomic E-state index is 0.737. The van der Waals surface area contributed by atoms with E-state index >= 15 is 0 Å². The zero-order valence-electron chi connectivity index (χ0n) is 12.3. The van der Waals surface area contributed by atoms with Crippen LogP contribution in [0.15, 0.2) is 29.4 Å². The van der Waals surface area contributed by atoms with Gasteiger partial charge in [-0.1, -0.05) is 43.8 Å². The first-order valence-electron chi connectivity index (χ1n) is 7.28. The number of aromatic nitrogens is 4. The van der Waals surface area contributed by atoms with Crippen molar-refractivity contribution in [2.24, 2.45) is 0 Å². The summed E-state index contributed by atoms with van der Waals surface area (Å²) in [5.41, 5.74) is 2.72. The van der Waals surface area contributed by atoms with Crippen LogP contribution in [0.5, 0.6) is 0 Å². The molecule has 0 radical (unpaired) electrons. The summed E-state index contributed by atoms with van der Waals surface area (Å²) >= 11 is 1.66. The van der Waals surface area contributed by atoms with Crippen LogP contribution < -0.4 is 0 Å². The van der Waals surface area contributed by atoms with Crippen molar-refractivity contribution < 1.29 is 0 Å². The lowest BCUT2D eigenvalue weighted by molar-refractivity contribution is 0.324. The molecule has 5 nitrogen and oxygen atoms in total. The van der Waals surface area contributed by atoms with Crippen LogP contribution in [-0.4, -0.2) is 50.5 Å². The Kier molecular flexibility index (Phi) is 4.36. The van der Waals surface area contributed by atoms with E-state index in [1.165, 1.54) is 0 Å². The quantitative estimate of drug-likeness (QED) is 0.709. The fraction of sp³-hybridized carbons (Fsp3) is 0.400. The topological polar surface area (TPSA) is 57.7 Å². The standard InChI is InChI=1S/C15H19N5S/c1-3-20(4-2)9-10-21-15-17-14-13(18-19-15)11-7-5-6-8-12(11)16-14/h5-8H,3-4,9-10H2,1-2H3,(H,16,17,19). The summed E-state index contributed by atoms with van der Waals surface area (Å²) in [5.74, 6) is 0.981. The largest absolute Gasteiger partial charge is 0.338 e. The lowest BCUT2D eigenvalue weighted by Crippen LogP contribution is -2.25. The Bertz CT molecular complexity index is 735. The summed E-state index contributed by atoms with van der Waals surface area (Å²) in [7, 11) is 0. The highest BCUT2D eigenvalue weighted by atomic mass is 32.2. The lowest BCUT2D eigenvalue weighted by Gasteiger charge is -2.16. The number of nitrogens with zero attached hydrogens (tertiary/aromatic N) is 4.